The number of thioether (sulfide) groups is 1. The zero-order valence-corrected chi connectivity index (χ0v) is 21.3. The van der Waals surface area contributed by atoms with Crippen LogP contribution in [0.3, 0.4) is 0 Å². The van der Waals surface area contributed by atoms with Gasteiger partial charge in [-0.2, -0.15) is 0 Å². The Labute approximate surface area is 209 Å². The minimum atomic E-state index is -0.119. The van der Waals surface area contributed by atoms with E-state index in [9.17, 15) is 4.79 Å². The molecule has 9 heteroatoms. The molecule has 2 fully saturated rings. The van der Waals surface area contributed by atoms with Crippen molar-refractivity contribution < 1.29 is 19.0 Å². The van der Waals surface area contributed by atoms with E-state index in [2.05, 4.69) is 17.0 Å². The molecule has 180 valence electrons. The number of aliphatic imine (C=N–C) groups is 1. The van der Waals surface area contributed by atoms with Gasteiger partial charge < -0.3 is 19.1 Å². The number of hydrogen-bond acceptors (Lipinski definition) is 7. The van der Waals surface area contributed by atoms with Crippen LogP contribution in [0.5, 0.6) is 11.5 Å². The van der Waals surface area contributed by atoms with Crippen LogP contribution in [0.15, 0.2) is 46.3 Å². The second-order valence-corrected chi connectivity index (χ2v) is 9.60. The molecule has 2 heterocycles. The number of carbonyl (C=O) groups excluding carboxylic acids is 1. The Bertz CT molecular complexity index is 1110. The maximum atomic E-state index is 12.9. The Morgan fingerprint density at radius 3 is 2.53 bits per heavy atom. The Morgan fingerprint density at radius 1 is 1.18 bits per heavy atom. The lowest BCUT2D eigenvalue weighted by atomic mass is 10.1. The molecule has 1 amide bonds. The smallest absolute Gasteiger partial charge is 0.266 e. The third kappa shape index (κ3) is 5.51. The molecule has 2 aromatic carbocycles. The van der Waals surface area contributed by atoms with E-state index in [4.69, 9.17) is 30.8 Å². The third-order valence-electron chi connectivity index (χ3n) is 5.36. The summed E-state index contributed by atoms with van der Waals surface area (Å²) in [5, 5.41) is 1.05. The normalized spacial score (nSPS) is 18.9. The van der Waals surface area contributed by atoms with E-state index in [1.807, 2.05) is 32.0 Å². The molecule has 0 aromatic heterocycles. The molecular formula is C25H28ClN3O4S. The van der Waals surface area contributed by atoms with E-state index in [1.165, 1.54) is 11.8 Å². The lowest BCUT2D eigenvalue weighted by Crippen LogP contribution is -2.36. The first-order chi connectivity index (χ1) is 16.4. The predicted molar refractivity (Wildman–Crippen MR) is 139 cm³/mol. The van der Waals surface area contributed by atoms with Crippen molar-refractivity contribution in [2.75, 3.05) is 45.4 Å². The van der Waals surface area contributed by atoms with Crippen LogP contribution in [0, 0.1) is 0 Å². The number of amidine groups is 1. The van der Waals surface area contributed by atoms with Gasteiger partial charge >= 0.3 is 0 Å². The van der Waals surface area contributed by atoms with Gasteiger partial charge in [-0.05, 0) is 73.6 Å². The molecule has 2 aliphatic rings. The number of rotatable bonds is 6. The first kappa shape index (κ1) is 24.4. The fourth-order valence-corrected chi connectivity index (χ4v) is 4.90. The first-order valence-corrected chi connectivity index (χ1v) is 12.3. The number of halogens is 1. The van der Waals surface area contributed by atoms with Crippen LogP contribution in [0.2, 0.25) is 5.02 Å². The zero-order chi connectivity index (χ0) is 24.2. The number of nitrogens with zero attached hydrogens (tertiary/aromatic N) is 3. The van der Waals surface area contributed by atoms with E-state index < -0.39 is 0 Å². The fourth-order valence-electron chi connectivity index (χ4n) is 3.65. The summed E-state index contributed by atoms with van der Waals surface area (Å²) in [6, 6.07) is 11.6. The molecule has 0 radical (unpaired) electrons. The summed E-state index contributed by atoms with van der Waals surface area (Å²) in [5.41, 5.74) is 2.69. The van der Waals surface area contributed by atoms with E-state index in [0.29, 0.717) is 26.6 Å². The molecule has 0 unspecified atom stereocenters. The SMILES string of the molecule is COc1cc(/C=C2\SC(=Nc3ccc(N4CCOCC4)cc3)N(C)C2=O)cc(Cl)c1OC(C)C. The second kappa shape index (κ2) is 10.7. The largest absolute Gasteiger partial charge is 0.493 e. The number of anilines is 1. The molecule has 2 aromatic rings. The average Bonchev–Trinajstić information content (AvgIpc) is 3.09. The van der Waals surface area contributed by atoms with E-state index in [-0.39, 0.29) is 12.0 Å². The third-order valence-corrected chi connectivity index (χ3v) is 6.70. The van der Waals surface area contributed by atoms with Crippen molar-refractivity contribution >= 4 is 51.9 Å². The van der Waals surface area contributed by atoms with Gasteiger partial charge in [0.25, 0.3) is 5.91 Å². The number of ether oxygens (including phenoxy) is 3. The van der Waals surface area contributed by atoms with Crippen molar-refractivity contribution in [3.05, 3.63) is 51.9 Å². The number of likely N-dealkylation sites (N-methyl/N-ethyl adjacent to an activating group) is 1. The van der Waals surface area contributed by atoms with Gasteiger partial charge in [-0.15, -0.1) is 0 Å². The average molecular weight is 502 g/mol. The molecule has 2 saturated heterocycles. The molecular weight excluding hydrogens is 474 g/mol. The number of amides is 1. The van der Waals surface area contributed by atoms with Crippen LogP contribution in [-0.2, 0) is 9.53 Å². The minimum Gasteiger partial charge on any atom is -0.493 e. The summed E-state index contributed by atoms with van der Waals surface area (Å²) in [5.74, 6) is 0.893. The van der Waals surface area contributed by atoms with Crippen LogP contribution >= 0.6 is 23.4 Å². The van der Waals surface area contributed by atoms with Crippen LogP contribution in [0.25, 0.3) is 6.08 Å². The minimum absolute atomic E-state index is 0.0436. The van der Waals surface area contributed by atoms with Gasteiger partial charge in [0, 0.05) is 25.8 Å². The van der Waals surface area contributed by atoms with Crippen LogP contribution in [0.4, 0.5) is 11.4 Å². The number of methoxy groups -OCH3 is 1. The summed E-state index contributed by atoms with van der Waals surface area (Å²) in [7, 11) is 3.29. The van der Waals surface area contributed by atoms with Gasteiger partial charge in [0.15, 0.2) is 16.7 Å². The Morgan fingerprint density at radius 2 is 1.88 bits per heavy atom. The molecule has 0 atom stereocenters. The van der Waals surface area contributed by atoms with Gasteiger partial charge in [-0.25, -0.2) is 4.99 Å². The van der Waals surface area contributed by atoms with Crippen LogP contribution in [0.1, 0.15) is 19.4 Å². The number of morpholine rings is 1. The Hall–Kier alpha value is -2.68. The first-order valence-electron chi connectivity index (χ1n) is 11.1. The predicted octanol–water partition coefficient (Wildman–Crippen LogP) is 5.21. The van der Waals surface area contributed by atoms with Crippen LogP contribution < -0.4 is 14.4 Å². The van der Waals surface area contributed by atoms with E-state index >= 15 is 0 Å². The summed E-state index contributed by atoms with van der Waals surface area (Å²) in [4.78, 5) is 22.0. The highest BCUT2D eigenvalue weighted by atomic mass is 35.5. The van der Waals surface area contributed by atoms with Gasteiger partial charge in [-0.3, -0.25) is 9.69 Å². The summed E-state index contributed by atoms with van der Waals surface area (Å²) in [6.45, 7) is 7.10. The highest BCUT2D eigenvalue weighted by Crippen LogP contribution is 2.39. The molecule has 0 N–H and O–H groups in total. The van der Waals surface area contributed by atoms with Gasteiger partial charge in [0.1, 0.15) is 0 Å². The lowest BCUT2D eigenvalue weighted by Gasteiger charge is -2.28. The lowest BCUT2D eigenvalue weighted by molar-refractivity contribution is -0.121. The van der Waals surface area contributed by atoms with Crippen molar-refractivity contribution in [1.82, 2.24) is 4.90 Å². The molecule has 0 aliphatic carbocycles. The highest BCUT2D eigenvalue weighted by molar-refractivity contribution is 8.18. The zero-order valence-electron chi connectivity index (χ0n) is 19.7. The Balaban J connectivity index is 1.54. The summed E-state index contributed by atoms with van der Waals surface area (Å²) >= 11 is 7.77. The van der Waals surface area contributed by atoms with E-state index in [1.54, 1.807) is 31.2 Å². The maximum Gasteiger partial charge on any atom is 0.266 e. The fraction of sp³-hybridized carbons (Fsp3) is 0.360. The Kier molecular flexibility index (Phi) is 7.70. The second-order valence-electron chi connectivity index (χ2n) is 8.19. The number of hydrogen-bond donors (Lipinski definition) is 0. The van der Waals surface area contributed by atoms with Crippen molar-refractivity contribution in [2.45, 2.75) is 20.0 Å². The van der Waals surface area contributed by atoms with Crippen LogP contribution in [-0.4, -0.2) is 62.5 Å². The quantitative estimate of drug-likeness (QED) is 0.506. The van der Waals surface area contributed by atoms with Crippen molar-refractivity contribution in [2.24, 2.45) is 4.99 Å². The monoisotopic (exact) mass is 501 g/mol. The molecule has 4 rings (SSSR count). The summed E-state index contributed by atoms with van der Waals surface area (Å²) < 4.78 is 16.7. The number of benzene rings is 2. The summed E-state index contributed by atoms with van der Waals surface area (Å²) in [6.07, 6.45) is 1.75. The highest BCUT2D eigenvalue weighted by Gasteiger charge is 2.30. The molecule has 7 nitrogen and oxygen atoms in total. The van der Waals surface area contributed by atoms with E-state index in [0.717, 1.165) is 43.2 Å². The molecule has 0 saturated carbocycles. The molecule has 34 heavy (non-hydrogen) atoms. The van der Waals surface area contributed by atoms with Crippen molar-refractivity contribution in [1.29, 1.82) is 0 Å². The topological polar surface area (TPSA) is 63.6 Å². The van der Waals surface area contributed by atoms with Gasteiger partial charge in [-0.1, -0.05) is 11.6 Å². The van der Waals surface area contributed by atoms with Crippen molar-refractivity contribution in [3.8, 4) is 11.5 Å². The van der Waals surface area contributed by atoms with Gasteiger partial charge in [0.05, 0.1) is 42.0 Å². The molecule has 0 spiro atoms. The number of carbonyl (C=O) groups is 1. The van der Waals surface area contributed by atoms with Gasteiger partial charge in [0.2, 0.25) is 0 Å². The standard InChI is InChI=1S/C25H28ClN3O4S/c1-16(2)33-23-20(26)13-17(14-21(23)31-4)15-22-24(30)28(3)25(34-22)27-18-5-7-19(8-6-18)29-9-11-32-12-10-29/h5-8,13-16H,9-12H2,1-4H3/b22-15-,27-25?. The molecule has 0 bridgehead atoms. The van der Waals surface area contributed by atoms with Crippen molar-refractivity contribution in [3.63, 3.8) is 0 Å². The molecule has 2 aliphatic heterocycles. The maximum absolute atomic E-state index is 12.9.